The second kappa shape index (κ2) is 5.33. The van der Waals surface area contributed by atoms with E-state index in [9.17, 15) is 8.42 Å². The van der Waals surface area contributed by atoms with Gasteiger partial charge in [-0.2, -0.15) is 5.10 Å². The van der Waals surface area contributed by atoms with Gasteiger partial charge in [0.05, 0.1) is 12.3 Å². The number of rotatable bonds is 4. The van der Waals surface area contributed by atoms with Crippen LogP contribution in [0.15, 0.2) is 6.33 Å². The molecule has 2 heterocycles. The number of hydrogen-bond donors (Lipinski definition) is 2. The predicted molar refractivity (Wildman–Crippen MR) is 67.1 cm³/mol. The van der Waals surface area contributed by atoms with E-state index >= 15 is 0 Å². The van der Waals surface area contributed by atoms with Crippen LogP contribution in [0, 0.1) is 5.92 Å². The number of nitrogens with one attached hydrogen (secondary N) is 1. The van der Waals surface area contributed by atoms with Gasteiger partial charge in [0.15, 0.2) is 0 Å². The molecule has 2 rings (SSSR count). The van der Waals surface area contributed by atoms with Gasteiger partial charge in [0.1, 0.15) is 12.2 Å². The summed E-state index contributed by atoms with van der Waals surface area (Å²) in [7, 11) is -3.09. The third kappa shape index (κ3) is 3.27. The molecule has 2 atom stereocenters. The quantitative estimate of drug-likeness (QED) is 0.794. The first-order chi connectivity index (χ1) is 8.47. The highest BCUT2D eigenvalue weighted by molar-refractivity contribution is 7.88. The summed E-state index contributed by atoms with van der Waals surface area (Å²) >= 11 is 0. The number of nitrogens with two attached hydrogens (primary N) is 1. The molecule has 1 aromatic rings. The third-order valence-electron chi connectivity index (χ3n) is 3.32. The number of hydrogen-bond acceptors (Lipinski definition) is 5. The summed E-state index contributed by atoms with van der Waals surface area (Å²) in [5.74, 6) is 0.944. The van der Waals surface area contributed by atoms with Crippen molar-refractivity contribution in [2.45, 2.75) is 25.3 Å². The topological polar surface area (TPSA) is 105 Å². The SMILES string of the molecule is CS(=O)(=O)N1CCCC(CC(N)c2ncn[nH]2)C1. The van der Waals surface area contributed by atoms with Crippen molar-refractivity contribution in [2.24, 2.45) is 11.7 Å². The van der Waals surface area contributed by atoms with Gasteiger partial charge in [-0.3, -0.25) is 5.10 Å². The average molecular weight is 273 g/mol. The first-order valence-corrected chi connectivity index (χ1v) is 7.87. The highest BCUT2D eigenvalue weighted by Gasteiger charge is 2.27. The van der Waals surface area contributed by atoms with E-state index in [2.05, 4.69) is 15.2 Å². The lowest BCUT2D eigenvalue weighted by atomic mass is 9.92. The Labute approximate surface area is 107 Å². The summed E-state index contributed by atoms with van der Waals surface area (Å²) < 4.78 is 24.6. The Morgan fingerprint density at radius 3 is 3.06 bits per heavy atom. The van der Waals surface area contributed by atoms with Gasteiger partial charge >= 0.3 is 0 Å². The van der Waals surface area contributed by atoms with Crippen molar-refractivity contribution in [2.75, 3.05) is 19.3 Å². The lowest BCUT2D eigenvalue weighted by Crippen LogP contribution is -2.40. The average Bonchev–Trinajstić information content (AvgIpc) is 2.81. The molecule has 1 aromatic heterocycles. The molecule has 102 valence electrons. The van der Waals surface area contributed by atoms with Crippen molar-refractivity contribution < 1.29 is 8.42 Å². The molecule has 1 saturated heterocycles. The standard InChI is InChI=1S/C10H19N5O2S/c1-18(16,17)15-4-2-3-8(6-15)5-9(11)10-12-7-13-14-10/h7-9H,2-6,11H2,1H3,(H,12,13,14). The molecule has 0 spiro atoms. The van der Waals surface area contributed by atoms with E-state index in [0.717, 1.165) is 19.3 Å². The Hall–Kier alpha value is -0.990. The van der Waals surface area contributed by atoms with Crippen molar-refractivity contribution in [1.29, 1.82) is 0 Å². The van der Waals surface area contributed by atoms with E-state index in [1.165, 1.54) is 16.9 Å². The van der Waals surface area contributed by atoms with Gasteiger partial charge in [-0.05, 0) is 25.2 Å². The molecule has 2 unspecified atom stereocenters. The molecule has 1 aliphatic heterocycles. The first kappa shape index (κ1) is 13.4. The van der Waals surface area contributed by atoms with Gasteiger partial charge in [0.25, 0.3) is 0 Å². The van der Waals surface area contributed by atoms with Crippen molar-refractivity contribution in [3.8, 4) is 0 Å². The number of aromatic nitrogens is 3. The van der Waals surface area contributed by atoms with Gasteiger partial charge in [0.2, 0.25) is 10.0 Å². The van der Waals surface area contributed by atoms with Crippen LogP contribution in [0.25, 0.3) is 0 Å². The Morgan fingerprint density at radius 2 is 2.44 bits per heavy atom. The third-order valence-corrected chi connectivity index (χ3v) is 4.59. The maximum atomic E-state index is 11.5. The normalized spacial score (nSPS) is 24.0. The Balaban J connectivity index is 1.94. The van der Waals surface area contributed by atoms with Crippen LogP contribution in [0.2, 0.25) is 0 Å². The summed E-state index contributed by atoms with van der Waals surface area (Å²) in [4.78, 5) is 4.03. The minimum Gasteiger partial charge on any atom is -0.321 e. The van der Waals surface area contributed by atoms with E-state index in [0.29, 0.717) is 18.9 Å². The van der Waals surface area contributed by atoms with Crippen LogP contribution in [0.4, 0.5) is 0 Å². The molecular formula is C10H19N5O2S. The smallest absolute Gasteiger partial charge is 0.211 e. The Kier molecular flexibility index (Phi) is 3.98. The maximum absolute atomic E-state index is 11.5. The number of piperidine rings is 1. The second-order valence-corrected chi connectivity index (χ2v) is 6.82. The summed E-state index contributed by atoms with van der Waals surface area (Å²) in [5.41, 5.74) is 6.02. The largest absolute Gasteiger partial charge is 0.321 e. The van der Waals surface area contributed by atoms with E-state index in [1.54, 1.807) is 0 Å². The van der Waals surface area contributed by atoms with Gasteiger partial charge in [-0.1, -0.05) is 0 Å². The van der Waals surface area contributed by atoms with E-state index in [-0.39, 0.29) is 12.0 Å². The zero-order chi connectivity index (χ0) is 13.2. The molecule has 0 aliphatic carbocycles. The van der Waals surface area contributed by atoms with Crippen molar-refractivity contribution in [1.82, 2.24) is 19.5 Å². The number of H-pyrrole nitrogens is 1. The predicted octanol–water partition coefficient (Wildman–Crippen LogP) is -0.134. The lowest BCUT2D eigenvalue weighted by molar-refractivity contribution is 0.245. The molecule has 0 aromatic carbocycles. The molecule has 1 aliphatic rings. The minimum absolute atomic E-state index is 0.211. The highest BCUT2D eigenvalue weighted by atomic mass is 32.2. The van der Waals surface area contributed by atoms with E-state index in [1.807, 2.05) is 0 Å². The molecule has 3 N–H and O–H groups in total. The molecule has 0 bridgehead atoms. The molecule has 0 radical (unpaired) electrons. The van der Waals surface area contributed by atoms with Crippen LogP contribution >= 0.6 is 0 Å². The van der Waals surface area contributed by atoms with Crippen LogP contribution in [0.5, 0.6) is 0 Å². The number of sulfonamides is 1. The summed E-state index contributed by atoms with van der Waals surface area (Å²) in [6.45, 7) is 1.17. The van der Waals surface area contributed by atoms with E-state index < -0.39 is 10.0 Å². The van der Waals surface area contributed by atoms with Crippen LogP contribution in [-0.4, -0.2) is 47.2 Å². The Bertz CT molecular complexity index is 472. The number of nitrogens with zero attached hydrogens (tertiary/aromatic N) is 3. The van der Waals surface area contributed by atoms with Gasteiger partial charge in [0, 0.05) is 13.1 Å². The summed E-state index contributed by atoms with van der Waals surface area (Å²) in [5, 5.41) is 6.52. The molecule has 0 amide bonds. The molecular weight excluding hydrogens is 254 g/mol. The monoisotopic (exact) mass is 273 g/mol. The fourth-order valence-corrected chi connectivity index (χ4v) is 3.33. The number of aromatic amines is 1. The first-order valence-electron chi connectivity index (χ1n) is 6.03. The fourth-order valence-electron chi connectivity index (χ4n) is 2.38. The van der Waals surface area contributed by atoms with Crippen LogP contribution in [-0.2, 0) is 10.0 Å². The minimum atomic E-state index is -3.09. The molecule has 8 heteroatoms. The van der Waals surface area contributed by atoms with E-state index in [4.69, 9.17) is 5.73 Å². The van der Waals surface area contributed by atoms with Crippen molar-refractivity contribution >= 4 is 10.0 Å². The van der Waals surface area contributed by atoms with Gasteiger partial charge in [-0.25, -0.2) is 17.7 Å². The van der Waals surface area contributed by atoms with Gasteiger partial charge < -0.3 is 5.73 Å². The fraction of sp³-hybridized carbons (Fsp3) is 0.800. The van der Waals surface area contributed by atoms with Crippen molar-refractivity contribution in [3.05, 3.63) is 12.2 Å². The van der Waals surface area contributed by atoms with Crippen LogP contribution in [0.1, 0.15) is 31.1 Å². The Morgan fingerprint density at radius 1 is 1.67 bits per heavy atom. The van der Waals surface area contributed by atoms with Crippen LogP contribution < -0.4 is 5.73 Å². The molecule has 0 saturated carbocycles. The zero-order valence-electron chi connectivity index (χ0n) is 10.4. The highest BCUT2D eigenvalue weighted by Crippen LogP contribution is 2.25. The maximum Gasteiger partial charge on any atom is 0.211 e. The summed E-state index contributed by atoms with van der Waals surface area (Å²) in [6, 6.07) is -0.211. The summed E-state index contributed by atoms with van der Waals surface area (Å²) in [6.07, 6.45) is 5.31. The molecule has 18 heavy (non-hydrogen) atoms. The van der Waals surface area contributed by atoms with Crippen LogP contribution in [0.3, 0.4) is 0 Å². The molecule has 1 fully saturated rings. The lowest BCUT2D eigenvalue weighted by Gasteiger charge is -2.31. The zero-order valence-corrected chi connectivity index (χ0v) is 11.2. The van der Waals surface area contributed by atoms with Gasteiger partial charge in [-0.15, -0.1) is 0 Å². The van der Waals surface area contributed by atoms with Crippen molar-refractivity contribution in [3.63, 3.8) is 0 Å². The molecule has 7 nitrogen and oxygen atoms in total. The second-order valence-electron chi connectivity index (χ2n) is 4.84.